The number of aryl methyl sites for hydroxylation is 1. The molecule has 0 fully saturated rings. The Morgan fingerprint density at radius 2 is 2.13 bits per heavy atom. The predicted octanol–water partition coefficient (Wildman–Crippen LogP) is 3.03. The van der Waals surface area contributed by atoms with Gasteiger partial charge in [0.2, 0.25) is 0 Å². The van der Waals surface area contributed by atoms with Crippen molar-refractivity contribution in [1.29, 1.82) is 0 Å². The molecular formula is C18H23NO4. The van der Waals surface area contributed by atoms with Gasteiger partial charge in [0.1, 0.15) is 11.5 Å². The number of carbonyl (C=O) groups is 1. The molecule has 0 saturated heterocycles. The summed E-state index contributed by atoms with van der Waals surface area (Å²) in [7, 11) is 1.61. The van der Waals surface area contributed by atoms with E-state index in [1.807, 2.05) is 37.3 Å². The van der Waals surface area contributed by atoms with Gasteiger partial charge < -0.3 is 18.8 Å². The largest absolute Gasteiger partial charge is 0.481 e. The van der Waals surface area contributed by atoms with Crippen molar-refractivity contribution in [2.24, 2.45) is 0 Å². The van der Waals surface area contributed by atoms with Gasteiger partial charge in [-0.05, 0) is 43.7 Å². The van der Waals surface area contributed by atoms with Gasteiger partial charge in [0.25, 0.3) is 5.91 Å². The molecule has 1 aromatic carbocycles. The number of hydrogen-bond acceptors (Lipinski definition) is 4. The van der Waals surface area contributed by atoms with Gasteiger partial charge in [0.15, 0.2) is 6.10 Å². The molecule has 2 aromatic rings. The van der Waals surface area contributed by atoms with Gasteiger partial charge in [-0.2, -0.15) is 0 Å². The van der Waals surface area contributed by atoms with Crippen LogP contribution < -0.4 is 4.74 Å². The smallest absolute Gasteiger partial charge is 0.263 e. The van der Waals surface area contributed by atoms with Crippen LogP contribution in [0.15, 0.2) is 47.1 Å². The quantitative estimate of drug-likeness (QED) is 0.751. The summed E-state index contributed by atoms with van der Waals surface area (Å²) in [6.45, 7) is 5.09. The van der Waals surface area contributed by atoms with E-state index in [0.29, 0.717) is 25.4 Å². The average Bonchev–Trinajstić information content (AvgIpc) is 3.03. The van der Waals surface area contributed by atoms with Crippen molar-refractivity contribution in [2.75, 3.05) is 20.3 Å². The van der Waals surface area contributed by atoms with E-state index >= 15 is 0 Å². The summed E-state index contributed by atoms with van der Waals surface area (Å²) < 4.78 is 16.2. The molecule has 1 atom stereocenters. The second-order valence-electron chi connectivity index (χ2n) is 5.41. The molecule has 1 heterocycles. The van der Waals surface area contributed by atoms with E-state index in [0.717, 1.165) is 11.3 Å². The van der Waals surface area contributed by atoms with E-state index in [1.165, 1.54) is 0 Å². The van der Waals surface area contributed by atoms with Crippen molar-refractivity contribution < 1.29 is 18.7 Å². The van der Waals surface area contributed by atoms with Crippen LogP contribution in [-0.2, 0) is 16.1 Å². The van der Waals surface area contributed by atoms with Crippen LogP contribution in [0.1, 0.15) is 18.2 Å². The second-order valence-corrected chi connectivity index (χ2v) is 5.41. The van der Waals surface area contributed by atoms with E-state index in [9.17, 15) is 4.79 Å². The Hall–Kier alpha value is -2.27. The van der Waals surface area contributed by atoms with Crippen molar-refractivity contribution in [3.05, 3.63) is 54.0 Å². The molecule has 5 nitrogen and oxygen atoms in total. The summed E-state index contributed by atoms with van der Waals surface area (Å²) in [6.07, 6.45) is 1.02. The molecule has 0 aliphatic carbocycles. The maximum absolute atomic E-state index is 12.7. The first-order valence-electron chi connectivity index (χ1n) is 7.63. The number of benzene rings is 1. The first-order chi connectivity index (χ1) is 11.1. The SMILES string of the molecule is COCCN(Cc1ccco1)C(=O)C(C)Oc1cccc(C)c1. The normalized spacial score (nSPS) is 12.0. The van der Waals surface area contributed by atoms with Crippen LogP contribution in [0.3, 0.4) is 0 Å². The van der Waals surface area contributed by atoms with Crippen molar-refractivity contribution in [3.63, 3.8) is 0 Å². The van der Waals surface area contributed by atoms with Gasteiger partial charge in [0, 0.05) is 13.7 Å². The molecule has 0 radical (unpaired) electrons. The Morgan fingerprint density at radius 3 is 2.78 bits per heavy atom. The molecular weight excluding hydrogens is 294 g/mol. The molecule has 1 unspecified atom stereocenters. The summed E-state index contributed by atoms with van der Waals surface area (Å²) in [6, 6.07) is 11.3. The highest BCUT2D eigenvalue weighted by molar-refractivity contribution is 5.80. The third-order valence-corrected chi connectivity index (χ3v) is 3.45. The Labute approximate surface area is 136 Å². The lowest BCUT2D eigenvalue weighted by atomic mass is 10.2. The van der Waals surface area contributed by atoms with Crippen LogP contribution in [0.5, 0.6) is 5.75 Å². The molecule has 5 heteroatoms. The molecule has 1 aromatic heterocycles. The second kappa shape index (κ2) is 8.39. The Balaban J connectivity index is 2.02. The molecule has 0 N–H and O–H groups in total. The minimum Gasteiger partial charge on any atom is -0.481 e. The minimum absolute atomic E-state index is 0.0973. The molecule has 0 aliphatic heterocycles. The van der Waals surface area contributed by atoms with Crippen molar-refractivity contribution in [1.82, 2.24) is 4.90 Å². The fraction of sp³-hybridized carbons (Fsp3) is 0.389. The molecule has 0 bridgehead atoms. The van der Waals surface area contributed by atoms with Crippen LogP contribution in [0.25, 0.3) is 0 Å². The highest BCUT2D eigenvalue weighted by Crippen LogP contribution is 2.16. The van der Waals surface area contributed by atoms with E-state index in [2.05, 4.69) is 0 Å². The van der Waals surface area contributed by atoms with Gasteiger partial charge in [-0.3, -0.25) is 4.79 Å². The van der Waals surface area contributed by atoms with Crippen LogP contribution in [0, 0.1) is 6.92 Å². The van der Waals surface area contributed by atoms with E-state index in [1.54, 1.807) is 31.3 Å². The molecule has 0 saturated carbocycles. The van der Waals surface area contributed by atoms with Crippen LogP contribution in [0.2, 0.25) is 0 Å². The maximum Gasteiger partial charge on any atom is 0.263 e. The highest BCUT2D eigenvalue weighted by atomic mass is 16.5. The fourth-order valence-electron chi connectivity index (χ4n) is 2.26. The molecule has 0 aliphatic rings. The molecule has 2 rings (SSSR count). The number of nitrogens with zero attached hydrogens (tertiary/aromatic N) is 1. The van der Waals surface area contributed by atoms with E-state index in [-0.39, 0.29) is 5.91 Å². The minimum atomic E-state index is -0.580. The zero-order valence-corrected chi connectivity index (χ0v) is 13.8. The van der Waals surface area contributed by atoms with Gasteiger partial charge >= 0.3 is 0 Å². The van der Waals surface area contributed by atoms with Crippen molar-refractivity contribution in [2.45, 2.75) is 26.5 Å². The van der Waals surface area contributed by atoms with Crippen LogP contribution in [-0.4, -0.2) is 37.2 Å². The molecule has 124 valence electrons. The predicted molar refractivity (Wildman–Crippen MR) is 87.3 cm³/mol. The standard InChI is InChI=1S/C18H23NO4/c1-14-6-4-7-16(12-14)23-15(2)18(20)19(9-11-21-3)13-17-8-5-10-22-17/h4-8,10,12,15H,9,11,13H2,1-3H3. The zero-order chi connectivity index (χ0) is 16.7. The first kappa shape index (κ1) is 17.1. The first-order valence-corrected chi connectivity index (χ1v) is 7.63. The molecule has 23 heavy (non-hydrogen) atoms. The Kier molecular flexibility index (Phi) is 6.23. The van der Waals surface area contributed by atoms with E-state index < -0.39 is 6.10 Å². The lowest BCUT2D eigenvalue weighted by Crippen LogP contribution is -2.41. The number of methoxy groups -OCH3 is 1. The summed E-state index contributed by atoms with van der Waals surface area (Å²) >= 11 is 0. The van der Waals surface area contributed by atoms with Crippen LogP contribution >= 0.6 is 0 Å². The lowest BCUT2D eigenvalue weighted by Gasteiger charge is -2.25. The number of amides is 1. The third-order valence-electron chi connectivity index (χ3n) is 3.45. The number of furan rings is 1. The summed E-state index contributed by atoms with van der Waals surface area (Å²) in [4.78, 5) is 14.4. The topological polar surface area (TPSA) is 51.9 Å². The Morgan fingerprint density at radius 1 is 1.30 bits per heavy atom. The number of ether oxygens (including phenoxy) is 2. The molecule has 1 amide bonds. The average molecular weight is 317 g/mol. The summed E-state index contributed by atoms with van der Waals surface area (Å²) in [5, 5.41) is 0. The fourth-order valence-corrected chi connectivity index (χ4v) is 2.26. The monoisotopic (exact) mass is 317 g/mol. The zero-order valence-electron chi connectivity index (χ0n) is 13.8. The van der Waals surface area contributed by atoms with Gasteiger partial charge in [-0.1, -0.05) is 12.1 Å². The van der Waals surface area contributed by atoms with Crippen molar-refractivity contribution in [3.8, 4) is 5.75 Å². The summed E-state index contributed by atoms with van der Waals surface area (Å²) in [5.74, 6) is 1.33. The number of rotatable bonds is 8. The Bertz CT molecular complexity index is 609. The third kappa shape index (κ3) is 5.14. The maximum atomic E-state index is 12.7. The number of hydrogen-bond donors (Lipinski definition) is 0. The molecule has 0 spiro atoms. The summed E-state index contributed by atoms with van der Waals surface area (Å²) in [5.41, 5.74) is 1.09. The van der Waals surface area contributed by atoms with Gasteiger partial charge in [-0.15, -0.1) is 0 Å². The lowest BCUT2D eigenvalue weighted by molar-refractivity contribution is -0.139. The van der Waals surface area contributed by atoms with Crippen molar-refractivity contribution >= 4 is 5.91 Å². The number of carbonyl (C=O) groups excluding carboxylic acids is 1. The van der Waals surface area contributed by atoms with E-state index in [4.69, 9.17) is 13.9 Å². The van der Waals surface area contributed by atoms with Gasteiger partial charge in [0.05, 0.1) is 19.4 Å². The highest BCUT2D eigenvalue weighted by Gasteiger charge is 2.23. The van der Waals surface area contributed by atoms with Crippen LogP contribution in [0.4, 0.5) is 0 Å². The van der Waals surface area contributed by atoms with Gasteiger partial charge in [-0.25, -0.2) is 0 Å².